The molecule has 1 unspecified atom stereocenters. The van der Waals surface area contributed by atoms with Crippen LogP contribution in [0.3, 0.4) is 0 Å². The number of hydrogen-bond acceptors (Lipinski definition) is 3. The fourth-order valence-corrected chi connectivity index (χ4v) is 2.56. The fourth-order valence-electron chi connectivity index (χ4n) is 2.37. The van der Waals surface area contributed by atoms with Crippen LogP contribution in [-0.2, 0) is 4.74 Å². The molecule has 2 N–H and O–H groups in total. The molecule has 0 amide bonds. The maximum absolute atomic E-state index is 9.89. The molecule has 0 saturated heterocycles. The summed E-state index contributed by atoms with van der Waals surface area (Å²) in [5, 5.41) is 13.7. The van der Waals surface area contributed by atoms with Gasteiger partial charge < -0.3 is 15.2 Å². The van der Waals surface area contributed by atoms with Crippen LogP contribution in [0.1, 0.15) is 32.1 Å². The standard InChI is InChI=1S/C15H22ClNO2/c16-12-5-4-6-13(9-12)17-10-14(18)11-19-15-7-2-1-3-8-15/h4-6,9,14-15,17-18H,1-3,7-8,10-11H2. The molecule has 0 spiro atoms. The fraction of sp³-hybridized carbons (Fsp3) is 0.600. The average Bonchev–Trinajstić information content (AvgIpc) is 2.44. The summed E-state index contributed by atoms with van der Waals surface area (Å²) in [4.78, 5) is 0. The van der Waals surface area contributed by atoms with Gasteiger partial charge in [0.15, 0.2) is 0 Å². The molecule has 106 valence electrons. The number of benzene rings is 1. The first-order chi connectivity index (χ1) is 9.24. The summed E-state index contributed by atoms with van der Waals surface area (Å²) in [6.45, 7) is 0.880. The van der Waals surface area contributed by atoms with Gasteiger partial charge >= 0.3 is 0 Å². The normalized spacial score (nSPS) is 18.2. The lowest BCUT2D eigenvalue weighted by Gasteiger charge is -2.23. The minimum absolute atomic E-state index is 0.342. The third kappa shape index (κ3) is 5.39. The number of aliphatic hydroxyl groups excluding tert-OH is 1. The van der Waals surface area contributed by atoms with E-state index in [1.54, 1.807) is 0 Å². The molecular formula is C15H22ClNO2. The van der Waals surface area contributed by atoms with Gasteiger partial charge in [0.2, 0.25) is 0 Å². The Bertz CT molecular complexity index is 380. The molecule has 3 nitrogen and oxygen atoms in total. The van der Waals surface area contributed by atoms with Gasteiger partial charge in [-0.25, -0.2) is 0 Å². The Morgan fingerprint density at radius 3 is 2.84 bits per heavy atom. The van der Waals surface area contributed by atoms with E-state index in [1.807, 2.05) is 24.3 Å². The minimum Gasteiger partial charge on any atom is -0.389 e. The van der Waals surface area contributed by atoms with Gasteiger partial charge in [-0.3, -0.25) is 0 Å². The largest absolute Gasteiger partial charge is 0.389 e. The molecule has 0 aliphatic heterocycles. The Kier molecular flexibility index (Phi) is 5.95. The van der Waals surface area contributed by atoms with E-state index < -0.39 is 6.10 Å². The van der Waals surface area contributed by atoms with Crippen molar-refractivity contribution in [2.75, 3.05) is 18.5 Å². The highest BCUT2D eigenvalue weighted by Gasteiger charge is 2.15. The van der Waals surface area contributed by atoms with Crippen molar-refractivity contribution >= 4 is 17.3 Å². The van der Waals surface area contributed by atoms with E-state index >= 15 is 0 Å². The topological polar surface area (TPSA) is 41.5 Å². The zero-order valence-corrected chi connectivity index (χ0v) is 11.9. The summed E-state index contributed by atoms with van der Waals surface area (Å²) in [7, 11) is 0. The highest BCUT2D eigenvalue weighted by molar-refractivity contribution is 6.30. The molecular weight excluding hydrogens is 262 g/mol. The smallest absolute Gasteiger partial charge is 0.0945 e. The van der Waals surface area contributed by atoms with E-state index in [4.69, 9.17) is 16.3 Å². The number of nitrogens with one attached hydrogen (secondary N) is 1. The van der Waals surface area contributed by atoms with E-state index in [1.165, 1.54) is 19.3 Å². The van der Waals surface area contributed by atoms with Crippen LogP contribution in [0.15, 0.2) is 24.3 Å². The average molecular weight is 284 g/mol. The van der Waals surface area contributed by atoms with Crippen LogP contribution < -0.4 is 5.32 Å². The Morgan fingerprint density at radius 2 is 2.11 bits per heavy atom. The van der Waals surface area contributed by atoms with Gasteiger partial charge in [-0.05, 0) is 31.0 Å². The van der Waals surface area contributed by atoms with Crippen LogP contribution in [-0.4, -0.2) is 30.5 Å². The summed E-state index contributed by atoms with van der Waals surface area (Å²) in [6, 6.07) is 7.49. The van der Waals surface area contributed by atoms with Crippen molar-refractivity contribution in [2.45, 2.75) is 44.3 Å². The van der Waals surface area contributed by atoms with Gasteiger partial charge in [0.05, 0.1) is 18.8 Å². The van der Waals surface area contributed by atoms with E-state index in [2.05, 4.69) is 5.32 Å². The molecule has 0 aromatic heterocycles. The molecule has 0 bridgehead atoms. The monoisotopic (exact) mass is 283 g/mol. The predicted octanol–water partition coefficient (Wildman–Crippen LogP) is 3.46. The molecule has 0 radical (unpaired) electrons. The summed E-state index contributed by atoms with van der Waals surface area (Å²) >= 11 is 5.90. The van der Waals surface area contributed by atoms with E-state index in [0.29, 0.717) is 24.3 Å². The third-order valence-corrected chi connectivity index (χ3v) is 3.68. The van der Waals surface area contributed by atoms with Gasteiger partial charge in [0.25, 0.3) is 0 Å². The van der Waals surface area contributed by atoms with Crippen molar-refractivity contribution in [3.05, 3.63) is 29.3 Å². The SMILES string of the molecule is OC(CNc1cccc(Cl)c1)COC1CCCCC1. The second kappa shape index (κ2) is 7.73. The summed E-state index contributed by atoms with van der Waals surface area (Å²) in [6.07, 6.45) is 5.94. The maximum Gasteiger partial charge on any atom is 0.0945 e. The number of anilines is 1. The van der Waals surface area contributed by atoms with Crippen molar-refractivity contribution in [1.29, 1.82) is 0 Å². The zero-order valence-electron chi connectivity index (χ0n) is 11.1. The molecule has 1 saturated carbocycles. The first-order valence-corrected chi connectivity index (χ1v) is 7.41. The second-order valence-corrected chi connectivity index (χ2v) is 5.57. The summed E-state index contributed by atoms with van der Waals surface area (Å²) in [5.74, 6) is 0. The molecule has 1 aliphatic rings. The van der Waals surface area contributed by atoms with Crippen molar-refractivity contribution in [2.24, 2.45) is 0 Å². The lowest BCUT2D eigenvalue weighted by atomic mass is 9.98. The lowest BCUT2D eigenvalue weighted by Crippen LogP contribution is -2.28. The van der Waals surface area contributed by atoms with Gasteiger partial charge in [-0.1, -0.05) is 36.9 Å². The van der Waals surface area contributed by atoms with Crippen LogP contribution in [0.4, 0.5) is 5.69 Å². The number of ether oxygens (including phenoxy) is 1. The molecule has 4 heteroatoms. The quantitative estimate of drug-likeness (QED) is 0.840. The number of halogens is 1. The second-order valence-electron chi connectivity index (χ2n) is 5.14. The van der Waals surface area contributed by atoms with E-state index in [-0.39, 0.29) is 0 Å². The molecule has 2 rings (SSSR count). The number of hydrogen-bond donors (Lipinski definition) is 2. The van der Waals surface area contributed by atoms with Crippen LogP contribution in [0.2, 0.25) is 5.02 Å². The van der Waals surface area contributed by atoms with Gasteiger partial charge in [-0.2, -0.15) is 0 Å². The minimum atomic E-state index is -0.485. The lowest BCUT2D eigenvalue weighted by molar-refractivity contribution is -0.0195. The van der Waals surface area contributed by atoms with Crippen molar-refractivity contribution in [1.82, 2.24) is 0 Å². The molecule has 1 aromatic carbocycles. The maximum atomic E-state index is 9.89. The van der Waals surface area contributed by atoms with E-state index in [0.717, 1.165) is 18.5 Å². The summed E-state index contributed by atoms with van der Waals surface area (Å²) in [5.41, 5.74) is 0.921. The summed E-state index contributed by atoms with van der Waals surface area (Å²) < 4.78 is 5.74. The van der Waals surface area contributed by atoms with Gasteiger partial charge in [0, 0.05) is 17.3 Å². The number of rotatable bonds is 6. The van der Waals surface area contributed by atoms with Gasteiger partial charge in [-0.15, -0.1) is 0 Å². The van der Waals surface area contributed by atoms with Crippen LogP contribution >= 0.6 is 11.6 Å². The number of aliphatic hydroxyl groups is 1. The third-order valence-electron chi connectivity index (χ3n) is 3.44. The van der Waals surface area contributed by atoms with Crippen LogP contribution in [0, 0.1) is 0 Å². The van der Waals surface area contributed by atoms with E-state index in [9.17, 15) is 5.11 Å². The van der Waals surface area contributed by atoms with Crippen molar-refractivity contribution in [3.63, 3.8) is 0 Å². The van der Waals surface area contributed by atoms with Crippen molar-refractivity contribution < 1.29 is 9.84 Å². The molecule has 1 aliphatic carbocycles. The highest BCUT2D eigenvalue weighted by atomic mass is 35.5. The van der Waals surface area contributed by atoms with Crippen LogP contribution in [0.5, 0.6) is 0 Å². The first kappa shape index (κ1) is 14.6. The molecule has 1 aromatic rings. The Hall–Kier alpha value is -0.770. The molecule has 0 heterocycles. The molecule has 1 atom stereocenters. The Labute approximate surface area is 119 Å². The Morgan fingerprint density at radius 1 is 1.32 bits per heavy atom. The van der Waals surface area contributed by atoms with Gasteiger partial charge in [0.1, 0.15) is 0 Å². The zero-order chi connectivity index (χ0) is 13.5. The predicted molar refractivity (Wildman–Crippen MR) is 78.8 cm³/mol. The Balaban J connectivity index is 1.65. The molecule has 19 heavy (non-hydrogen) atoms. The van der Waals surface area contributed by atoms with Crippen LogP contribution in [0.25, 0.3) is 0 Å². The molecule has 1 fully saturated rings. The first-order valence-electron chi connectivity index (χ1n) is 7.03. The highest BCUT2D eigenvalue weighted by Crippen LogP contribution is 2.20. The van der Waals surface area contributed by atoms with Crippen molar-refractivity contribution in [3.8, 4) is 0 Å².